The van der Waals surface area contributed by atoms with Gasteiger partial charge in [0.25, 0.3) is 0 Å². The number of rotatable bonds is 21. The Balaban J connectivity index is 0.0000109. The average molecular weight is 505 g/mol. The Kier molecular flexibility index (Phi) is 21.0. The van der Waals surface area contributed by atoms with Crippen LogP contribution in [-0.4, -0.2) is 24.8 Å². The van der Waals surface area contributed by atoms with E-state index in [4.69, 9.17) is 4.74 Å². The summed E-state index contributed by atoms with van der Waals surface area (Å²) in [7, 11) is -4.34. The molecule has 34 heavy (non-hydrogen) atoms. The molecular weight excluding hydrogens is 455 g/mol. The minimum absolute atomic E-state index is 0. The predicted molar refractivity (Wildman–Crippen MR) is 139 cm³/mol. The van der Waals surface area contributed by atoms with Crippen LogP contribution >= 0.6 is 0 Å². The molecule has 1 unspecified atom stereocenters. The Morgan fingerprint density at radius 1 is 0.765 bits per heavy atom. The molecule has 1 aromatic carbocycles. The van der Waals surface area contributed by atoms with Gasteiger partial charge in [-0.25, -0.2) is 8.42 Å². The molecule has 0 amide bonds. The van der Waals surface area contributed by atoms with Crippen LogP contribution in [-0.2, 0) is 23.0 Å². The number of hydrogen-bond donors (Lipinski definition) is 0. The summed E-state index contributed by atoms with van der Waals surface area (Å²) in [5.74, 6) is 0.767. The van der Waals surface area contributed by atoms with Crippen molar-refractivity contribution in [1.82, 2.24) is 0 Å². The SMILES string of the molecule is CCCCCCCCCc1cccc(OCC(CC)S(=O)(=O)[O-])c1CCCCCCCCC.[Na+]. The predicted octanol–water partition coefficient (Wildman–Crippen LogP) is 4.98. The van der Waals surface area contributed by atoms with Gasteiger partial charge in [0.05, 0.1) is 5.25 Å². The molecule has 192 valence electrons. The Labute approximate surface area is 233 Å². The minimum Gasteiger partial charge on any atom is -0.748 e. The van der Waals surface area contributed by atoms with E-state index in [1.807, 2.05) is 12.1 Å². The van der Waals surface area contributed by atoms with Gasteiger partial charge in [-0.2, -0.15) is 0 Å². The molecule has 0 radical (unpaired) electrons. The fraction of sp³-hybridized carbons (Fsp3) is 0.786. The van der Waals surface area contributed by atoms with Crippen LogP contribution in [0.25, 0.3) is 0 Å². The summed E-state index contributed by atoms with van der Waals surface area (Å²) < 4.78 is 40.4. The molecular formula is C28H49NaO4S. The summed E-state index contributed by atoms with van der Waals surface area (Å²) >= 11 is 0. The van der Waals surface area contributed by atoms with Crippen molar-refractivity contribution in [3.05, 3.63) is 29.3 Å². The van der Waals surface area contributed by atoms with E-state index in [-0.39, 0.29) is 42.6 Å². The summed E-state index contributed by atoms with van der Waals surface area (Å²) in [5.41, 5.74) is 2.54. The maximum absolute atomic E-state index is 11.5. The van der Waals surface area contributed by atoms with Crippen LogP contribution < -0.4 is 34.3 Å². The number of benzene rings is 1. The van der Waals surface area contributed by atoms with Crippen LogP contribution in [0.5, 0.6) is 5.75 Å². The normalized spacial score (nSPS) is 12.4. The number of aryl methyl sites for hydroxylation is 1. The molecule has 0 bridgehead atoms. The largest absolute Gasteiger partial charge is 1.00 e. The van der Waals surface area contributed by atoms with E-state index < -0.39 is 15.4 Å². The first-order valence-electron chi connectivity index (χ1n) is 13.6. The number of unbranched alkanes of at least 4 members (excludes halogenated alkanes) is 12. The Hall–Kier alpha value is -0.0700. The van der Waals surface area contributed by atoms with Crippen molar-refractivity contribution >= 4 is 10.1 Å². The average Bonchev–Trinajstić information content (AvgIpc) is 2.78. The summed E-state index contributed by atoms with van der Waals surface area (Å²) in [4.78, 5) is 0. The molecule has 1 atom stereocenters. The quantitative estimate of drug-likeness (QED) is 0.135. The second-order valence-corrected chi connectivity index (χ2v) is 11.1. The summed E-state index contributed by atoms with van der Waals surface area (Å²) in [6.45, 7) is 6.15. The molecule has 1 aromatic rings. The summed E-state index contributed by atoms with van der Waals surface area (Å²) in [5, 5.41) is -0.990. The minimum atomic E-state index is -4.34. The molecule has 0 saturated heterocycles. The molecule has 6 heteroatoms. The molecule has 0 aliphatic rings. The molecule has 0 spiro atoms. The first kappa shape index (κ1) is 33.9. The molecule has 0 fully saturated rings. The molecule has 0 aliphatic heterocycles. The Morgan fingerprint density at radius 2 is 1.26 bits per heavy atom. The standard InChI is InChI=1S/C28H50O4S.Na/c1-4-7-9-11-13-15-17-20-25-21-19-23-28(32-24-26(6-3)33(29,30)31)27(25)22-18-16-14-12-10-8-5-2;/h19,21,23,26H,4-18,20,22,24H2,1-3H3,(H,29,30,31);/q;+1/p-1. The Bertz CT molecular complexity index is 721. The third-order valence-corrected chi connectivity index (χ3v) is 7.88. The van der Waals surface area contributed by atoms with Gasteiger partial charge in [-0.05, 0) is 49.3 Å². The van der Waals surface area contributed by atoms with Crippen LogP contribution in [0.15, 0.2) is 18.2 Å². The van der Waals surface area contributed by atoms with Crippen molar-refractivity contribution < 1.29 is 47.3 Å². The van der Waals surface area contributed by atoms with Gasteiger partial charge in [0.15, 0.2) is 0 Å². The van der Waals surface area contributed by atoms with Gasteiger partial charge < -0.3 is 9.29 Å². The maximum Gasteiger partial charge on any atom is 1.00 e. The van der Waals surface area contributed by atoms with Gasteiger partial charge in [-0.3, -0.25) is 0 Å². The second-order valence-electron chi connectivity index (χ2n) is 9.47. The zero-order chi connectivity index (χ0) is 24.4. The molecule has 0 heterocycles. The van der Waals surface area contributed by atoms with Crippen molar-refractivity contribution in [2.24, 2.45) is 0 Å². The van der Waals surface area contributed by atoms with Crippen LogP contribution in [0.3, 0.4) is 0 Å². The number of ether oxygens (including phenoxy) is 1. The van der Waals surface area contributed by atoms with E-state index in [0.29, 0.717) is 0 Å². The fourth-order valence-electron chi connectivity index (χ4n) is 4.38. The summed E-state index contributed by atoms with van der Waals surface area (Å²) in [6, 6.07) is 6.14. The van der Waals surface area contributed by atoms with Crippen molar-refractivity contribution in [1.29, 1.82) is 0 Å². The van der Waals surface area contributed by atoms with E-state index in [9.17, 15) is 13.0 Å². The van der Waals surface area contributed by atoms with E-state index in [0.717, 1.165) is 25.0 Å². The number of hydrogen-bond acceptors (Lipinski definition) is 4. The van der Waals surface area contributed by atoms with Crippen LogP contribution in [0, 0.1) is 0 Å². The van der Waals surface area contributed by atoms with Crippen molar-refractivity contribution in [2.45, 2.75) is 135 Å². The second kappa shape index (κ2) is 21.1. The molecule has 0 N–H and O–H groups in total. The van der Waals surface area contributed by atoms with Gasteiger partial charge in [0.2, 0.25) is 0 Å². The van der Waals surface area contributed by atoms with Crippen molar-refractivity contribution in [3.63, 3.8) is 0 Å². The fourth-order valence-corrected chi connectivity index (χ4v) is 5.03. The van der Waals surface area contributed by atoms with E-state index in [1.165, 1.54) is 94.6 Å². The van der Waals surface area contributed by atoms with Crippen LogP contribution in [0.1, 0.15) is 128 Å². The van der Waals surface area contributed by atoms with Gasteiger partial charge in [0, 0.05) is 0 Å². The van der Waals surface area contributed by atoms with E-state index in [1.54, 1.807) is 6.92 Å². The third kappa shape index (κ3) is 15.1. The zero-order valence-corrected chi connectivity index (χ0v) is 25.4. The molecule has 0 aromatic heterocycles. The van der Waals surface area contributed by atoms with Gasteiger partial charge in [-0.1, -0.05) is 110 Å². The van der Waals surface area contributed by atoms with Crippen molar-refractivity contribution in [3.8, 4) is 5.75 Å². The van der Waals surface area contributed by atoms with Gasteiger partial charge >= 0.3 is 29.6 Å². The molecule has 4 nitrogen and oxygen atoms in total. The van der Waals surface area contributed by atoms with Gasteiger partial charge in [0.1, 0.15) is 22.5 Å². The first-order valence-corrected chi connectivity index (χ1v) is 15.1. The van der Waals surface area contributed by atoms with E-state index >= 15 is 0 Å². The smallest absolute Gasteiger partial charge is 0.748 e. The maximum atomic E-state index is 11.5. The third-order valence-electron chi connectivity index (χ3n) is 6.60. The van der Waals surface area contributed by atoms with Crippen LogP contribution in [0.2, 0.25) is 0 Å². The monoisotopic (exact) mass is 504 g/mol. The topological polar surface area (TPSA) is 66.4 Å². The van der Waals surface area contributed by atoms with E-state index in [2.05, 4.69) is 19.9 Å². The molecule has 1 rings (SSSR count). The van der Waals surface area contributed by atoms with Crippen molar-refractivity contribution in [2.75, 3.05) is 6.61 Å². The first-order chi connectivity index (χ1) is 15.9. The molecule has 0 aliphatic carbocycles. The van der Waals surface area contributed by atoms with Crippen LogP contribution in [0.4, 0.5) is 0 Å². The Morgan fingerprint density at radius 3 is 1.76 bits per heavy atom. The zero-order valence-electron chi connectivity index (χ0n) is 22.6. The summed E-state index contributed by atoms with van der Waals surface area (Å²) in [6.07, 6.45) is 20.1. The van der Waals surface area contributed by atoms with Gasteiger partial charge in [-0.15, -0.1) is 0 Å². The molecule has 0 saturated carbocycles.